The first-order valence-corrected chi connectivity index (χ1v) is 5.93. The van der Waals surface area contributed by atoms with E-state index in [1.54, 1.807) is 13.0 Å². The maximum absolute atomic E-state index is 8.83. The lowest BCUT2D eigenvalue weighted by Crippen LogP contribution is -1.99. The molecule has 1 heterocycles. The van der Waals surface area contributed by atoms with E-state index in [1.807, 2.05) is 6.07 Å². The van der Waals surface area contributed by atoms with Crippen molar-refractivity contribution in [1.82, 2.24) is 9.97 Å². The Bertz CT molecular complexity index is 682. The van der Waals surface area contributed by atoms with Crippen LogP contribution in [0.15, 0.2) is 18.2 Å². The Morgan fingerprint density at radius 1 is 1.21 bits per heavy atom. The molecule has 0 saturated carbocycles. The number of nitrogen functional groups attached to an aromatic ring is 1. The Labute approximate surface area is 119 Å². The molecule has 0 amide bonds. The van der Waals surface area contributed by atoms with Gasteiger partial charge in [-0.1, -0.05) is 23.2 Å². The summed E-state index contributed by atoms with van der Waals surface area (Å²) >= 11 is 11.7. The van der Waals surface area contributed by atoms with Gasteiger partial charge in [0.2, 0.25) is 0 Å². The van der Waals surface area contributed by atoms with Crippen molar-refractivity contribution in [1.29, 1.82) is 5.26 Å². The van der Waals surface area contributed by atoms with Crippen molar-refractivity contribution in [3.63, 3.8) is 0 Å². The van der Waals surface area contributed by atoms with Gasteiger partial charge in [-0.3, -0.25) is 0 Å². The van der Waals surface area contributed by atoms with Gasteiger partial charge in [0, 0.05) is 11.8 Å². The van der Waals surface area contributed by atoms with Crippen molar-refractivity contribution in [2.45, 2.75) is 6.92 Å². The van der Waals surface area contributed by atoms with Gasteiger partial charge in [0.25, 0.3) is 0 Å². The largest absolute Gasteiger partial charge is 0.422 e. The summed E-state index contributed by atoms with van der Waals surface area (Å²) in [6, 6.07) is 6.44. The van der Waals surface area contributed by atoms with E-state index in [0.29, 0.717) is 21.4 Å². The van der Waals surface area contributed by atoms with Crippen LogP contribution in [0.25, 0.3) is 0 Å². The Kier molecular flexibility index (Phi) is 3.74. The smallest absolute Gasteiger partial charge is 0.323 e. The molecule has 0 spiro atoms. The molecule has 19 heavy (non-hydrogen) atoms. The lowest BCUT2D eigenvalue weighted by molar-refractivity contribution is 0.442. The van der Waals surface area contributed by atoms with Crippen LogP contribution in [0.5, 0.6) is 11.8 Å². The number of ether oxygens (including phenoxy) is 1. The van der Waals surface area contributed by atoms with Crippen LogP contribution in [-0.4, -0.2) is 9.97 Å². The second-order valence-electron chi connectivity index (χ2n) is 3.70. The number of aryl methyl sites for hydroxylation is 1. The van der Waals surface area contributed by atoms with Gasteiger partial charge in [-0.15, -0.1) is 0 Å². The fourth-order valence-electron chi connectivity index (χ4n) is 1.37. The highest BCUT2D eigenvalue weighted by Gasteiger charge is 2.10. The van der Waals surface area contributed by atoms with Crippen molar-refractivity contribution < 1.29 is 4.74 Å². The number of nitrogens with zero attached hydrogens (tertiary/aromatic N) is 3. The van der Waals surface area contributed by atoms with E-state index in [9.17, 15) is 0 Å². The molecule has 2 aromatic rings. The van der Waals surface area contributed by atoms with Crippen molar-refractivity contribution in [3.8, 4) is 17.8 Å². The monoisotopic (exact) mass is 294 g/mol. The maximum Gasteiger partial charge on any atom is 0.323 e. The zero-order valence-electron chi connectivity index (χ0n) is 9.82. The molecule has 0 aliphatic carbocycles. The summed E-state index contributed by atoms with van der Waals surface area (Å²) in [4.78, 5) is 7.97. The van der Waals surface area contributed by atoms with E-state index in [1.165, 1.54) is 12.1 Å². The first-order valence-electron chi connectivity index (χ1n) is 5.17. The molecule has 1 aromatic heterocycles. The first-order chi connectivity index (χ1) is 8.99. The fourth-order valence-corrected chi connectivity index (χ4v) is 1.70. The molecule has 0 bridgehead atoms. The number of nitrogens with two attached hydrogens (primary N) is 1. The van der Waals surface area contributed by atoms with Crippen LogP contribution in [0.2, 0.25) is 10.0 Å². The molecule has 0 fully saturated rings. The van der Waals surface area contributed by atoms with E-state index in [4.69, 9.17) is 38.9 Å². The predicted molar refractivity (Wildman–Crippen MR) is 72.4 cm³/mol. The normalized spacial score (nSPS) is 10.0. The van der Waals surface area contributed by atoms with Gasteiger partial charge in [0.1, 0.15) is 11.8 Å². The van der Waals surface area contributed by atoms with Crippen LogP contribution < -0.4 is 10.5 Å². The van der Waals surface area contributed by atoms with Crippen LogP contribution in [0.3, 0.4) is 0 Å². The van der Waals surface area contributed by atoms with Crippen molar-refractivity contribution in [2.24, 2.45) is 0 Å². The number of anilines is 1. The highest BCUT2D eigenvalue weighted by atomic mass is 35.5. The van der Waals surface area contributed by atoms with E-state index in [0.717, 1.165) is 0 Å². The summed E-state index contributed by atoms with van der Waals surface area (Å²) in [7, 11) is 0. The molecule has 7 heteroatoms. The SMILES string of the molecule is Cc1cc(C#N)nc(Oc2cc(Cl)c(Cl)cc2N)n1. The van der Waals surface area contributed by atoms with Gasteiger partial charge >= 0.3 is 6.01 Å². The van der Waals surface area contributed by atoms with E-state index in [-0.39, 0.29) is 17.5 Å². The molecule has 96 valence electrons. The van der Waals surface area contributed by atoms with Gasteiger partial charge in [0.15, 0.2) is 5.75 Å². The summed E-state index contributed by atoms with van der Waals surface area (Å²) in [5, 5.41) is 9.46. The first kappa shape index (κ1) is 13.4. The zero-order valence-corrected chi connectivity index (χ0v) is 11.3. The number of hydrogen-bond acceptors (Lipinski definition) is 5. The van der Waals surface area contributed by atoms with Crippen molar-refractivity contribution >= 4 is 28.9 Å². The van der Waals surface area contributed by atoms with Crippen LogP contribution in [0.4, 0.5) is 5.69 Å². The van der Waals surface area contributed by atoms with Crippen molar-refractivity contribution in [2.75, 3.05) is 5.73 Å². The zero-order chi connectivity index (χ0) is 14.0. The lowest BCUT2D eigenvalue weighted by Gasteiger charge is -2.08. The van der Waals surface area contributed by atoms with Gasteiger partial charge < -0.3 is 10.5 Å². The van der Waals surface area contributed by atoms with Gasteiger partial charge in [-0.25, -0.2) is 4.98 Å². The third-order valence-electron chi connectivity index (χ3n) is 2.20. The van der Waals surface area contributed by atoms with E-state index >= 15 is 0 Å². The molecule has 5 nitrogen and oxygen atoms in total. The quantitative estimate of drug-likeness (QED) is 0.859. The van der Waals surface area contributed by atoms with E-state index in [2.05, 4.69) is 9.97 Å². The molecular formula is C12H8Cl2N4O. The molecule has 0 saturated heterocycles. The predicted octanol–water partition coefficient (Wildman–Crippen LogP) is 3.34. The molecule has 0 aliphatic rings. The van der Waals surface area contributed by atoms with Crippen LogP contribution in [-0.2, 0) is 0 Å². The third kappa shape index (κ3) is 3.05. The standard InChI is InChI=1S/C12H8Cl2N4O/c1-6-2-7(5-15)18-12(17-6)19-11-4-9(14)8(13)3-10(11)16/h2-4H,16H2,1H3. The molecule has 0 aliphatic heterocycles. The fraction of sp³-hybridized carbons (Fsp3) is 0.0833. The number of hydrogen-bond donors (Lipinski definition) is 1. The highest BCUT2D eigenvalue weighted by Crippen LogP contribution is 2.34. The lowest BCUT2D eigenvalue weighted by atomic mass is 10.3. The Hall–Kier alpha value is -2.03. The number of aromatic nitrogens is 2. The number of benzene rings is 1. The average molecular weight is 295 g/mol. The summed E-state index contributed by atoms with van der Waals surface area (Å²) < 4.78 is 5.43. The highest BCUT2D eigenvalue weighted by molar-refractivity contribution is 6.42. The Morgan fingerprint density at radius 2 is 1.89 bits per heavy atom. The van der Waals surface area contributed by atoms with Crippen LogP contribution in [0, 0.1) is 18.3 Å². The molecule has 2 rings (SSSR count). The van der Waals surface area contributed by atoms with Crippen molar-refractivity contribution in [3.05, 3.63) is 39.6 Å². The molecular weight excluding hydrogens is 287 g/mol. The van der Waals surface area contributed by atoms with Crippen LogP contribution >= 0.6 is 23.2 Å². The summed E-state index contributed by atoms with van der Waals surface area (Å²) in [5.41, 5.74) is 6.88. The number of nitriles is 1. The van der Waals surface area contributed by atoms with E-state index < -0.39 is 0 Å². The molecule has 2 N–H and O–H groups in total. The maximum atomic E-state index is 8.83. The second-order valence-corrected chi connectivity index (χ2v) is 4.51. The topological polar surface area (TPSA) is 84.8 Å². The second kappa shape index (κ2) is 5.31. The third-order valence-corrected chi connectivity index (χ3v) is 2.92. The van der Waals surface area contributed by atoms with Crippen LogP contribution in [0.1, 0.15) is 11.4 Å². The Balaban J connectivity index is 2.39. The van der Waals surface area contributed by atoms with Gasteiger partial charge in [0.05, 0.1) is 15.7 Å². The molecule has 1 aromatic carbocycles. The molecule has 0 unspecified atom stereocenters. The molecule has 0 radical (unpaired) electrons. The van der Waals surface area contributed by atoms with Gasteiger partial charge in [-0.05, 0) is 19.1 Å². The number of halogens is 2. The minimum atomic E-state index is 0.0293. The van der Waals surface area contributed by atoms with Gasteiger partial charge in [-0.2, -0.15) is 10.2 Å². The minimum Gasteiger partial charge on any atom is -0.422 e. The summed E-state index contributed by atoms with van der Waals surface area (Å²) in [6.45, 7) is 1.73. The summed E-state index contributed by atoms with van der Waals surface area (Å²) in [5.74, 6) is 0.281. The Morgan fingerprint density at radius 3 is 2.58 bits per heavy atom. The minimum absolute atomic E-state index is 0.0293. The summed E-state index contributed by atoms with van der Waals surface area (Å²) in [6.07, 6.45) is 0. The average Bonchev–Trinajstić information content (AvgIpc) is 2.35. The molecule has 0 atom stereocenters. The number of rotatable bonds is 2.